The lowest BCUT2D eigenvalue weighted by atomic mass is 10.0. The highest BCUT2D eigenvalue weighted by atomic mass is 16.1. The standard InChI is InChI=1S/C25H27N5.CH3NO/c1-17-12-21(15-26-18(17)2)24-16-28-25-23(24)13-20(14-27-25)19-4-6-22(7-5-19)30-10-8-29(3)9-11-30;2-1-3/h4-7,12-16H,8-11H2,1-3H3,(H,27,28);1H,(H2,2,3). The largest absolute Gasteiger partial charge is 0.372 e. The number of hydrogen-bond acceptors (Lipinski definition) is 5. The average Bonchev–Trinajstić information content (AvgIpc) is 3.25. The van der Waals surface area contributed by atoms with E-state index >= 15 is 0 Å². The predicted octanol–water partition coefficient (Wildman–Crippen LogP) is 3.76. The lowest BCUT2D eigenvalue weighted by Crippen LogP contribution is -2.44. The Kier molecular flexibility index (Phi) is 6.70. The molecule has 4 aromatic rings. The van der Waals surface area contributed by atoms with Gasteiger partial charge in [-0.2, -0.15) is 0 Å². The van der Waals surface area contributed by atoms with E-state index in [0.717, 1.165) is 59.6 Å². The first kappa shape index (κ1) is 22.5. The van der Waals surface area contributed by atoms with Crippen LogP contribution in [0.15, 0.2) is 55.0 Å². The number of fused-ring (bicyclic) bond motifs is 1. The summed E-state index contributed by atoms with van der Waals surface area (Å²) in [4.78, 5) is 25.9. The second kappa shape index (κ2) is 9.83. The van der Waals surface area contributed by atoms with Gasteiger partial charge in [0, 0.05) is 78.2 Å². The van der Waals surface area contributed by atoms with Crippen molar-refractivity contribution in [2.45, 2.75) is 13.8 Å². The summed E-state index contributed by atoms with van der Waals surface area (Å²) in [6, 6.07) is 13.3. The molecule has 7 heteroatoms. The van der Waals surface area contributed by atoms with Gasteiger partial charge in [-0.1, -0.05) is 12.1 Å². The normalized spacial score (nSPS) is 14.1. The number of nitrogens with zero attached hydrogens (tertiary/aromatic N) is 4. The second-order valence-corrected chi connectivity index (χ2v) is 8.42. The molecule has 0 unspecified atom stereocenters. The Morgan fingerprint density at radius 2 is 1.61 bits per heavy atom. The third-order valence-electron chi connectivity index (χ3n) is 6.25. The highest BCUT2D eigenvalue weighted by molar-refractivity contribution is 5.95. The van der Waals surface area contributed by atoms with Crippen LogP contribution in [-0.2, 0) is 4.79 Å². The van der Waals surface area contributed by atoms with Crippen LogP contribution in [0.2, 0.25) is 0 Å². The Morgan fingerprint density at radius 3 is 2.27 bits per heavy atom. The molecule has 5 rings (SSSR count). The van der Waals surface area contributed by atoms with E-state index in [-0.39, 0.29) is 6.41 Å². The van der Waals surface area contributed by atoms with E-state index in [9.17, 15) is 0 Å². The summed E-state index contributed by atoms with van der Waals surface area (Å²) in [6.45, 7) is 8.55. The molecule has 1 aromatic carbocycles. The van der Waals surface area contributed by atoms with Crippen molar-refractivity contribution >= 4 is 23.1 Å². The van der Waals surface area contributed by atoms with Crippen molar-refractivity contribution < 1.29 is 4.79 Å². The predicted molar refractivity (Wildman–Crippen MR) is 134 cm³/mol. The van der Waals surface area contributed by atoms with Gasteiger partial charge in [-0.15, -0.1) is 0 Å². The number of nitrogens with one attached hydrogen (secondary N) is 1. The van der Waals surface area contributed by atoms with E-state index in [1.165, 1.54) is 16.8 Å². The number of rotatable bonds is 3. The number of likely N-dealkylation sites (N-methyl/N-ethyl adjacent to an activating group) is 1. The molecule has 33 heavy (non-hydrogen) atoms. The van der Waals surface area contributed by atoms with Crippen LogP contribution in [-0.4, -0.2) is 59.5 Å². The van der Waals surface area contributed by atoms with Gasteiger partial charge in [-0.3, -0.25) is 9.78 Å². The Hall–Kier alpha value is -3.71. The van der Waals surface area contributed by atoms with E-state index < -0.39 is 0 Å². The molecule has 1 fully saturated rings. The summed E-state index contributed by atoms with van der Waals surface area (Å²) in [5, 5.41) is 1.13. The first-order valence-corrected chi connectivity index (χ1v) is 11.1. The molecule has 170 valence electrons. The number of carbonyl (C=O) groups excluding carboxylic acids is 1. The fraction of sp³-hybridized carbons (Fsp3) is 0.269. The first-order valence-electron chi connectivity index (χ1n) is 11.1. The fourth-order valence-corrected chi connectivity index (χ4v) is 4.12. The number of pyridine rings is 2. The minimum absolute atomic E-state index is 0.250. The molecule has 4 heterocycles. The van der Waals surface area contributed by atoms with Crippen molar-refractivity contribution in [3.63, 3.8) is 0 Å². The smallest absolute Gasteiger partial charge is 0.204 e. The van der Waals surface area contributed by atoms with E-state index in [0.29, 0.717) is 0 Å². The third kappa shape index (κ3) is 4.88. The zero-order valence-electron chi connectivity index (χ0n) is 19.4. The molecule has 1 amide bonds. The molecule has 0 radical (unpaired) electrons. The van der Waals surface area contributed by atoms with E-state index in [1.807, 2.05) is 25.5 Å². The topological polar surface area (TPSA) is 91.1 Å². The quantitative estimate of drug-likeness (QED) is 0.472. The maximum absolute atomic E-state index is 8.58. The molecule has 1 aliphatic rings. The van der Waals surface area contributed by atoms with Crippen molar-refractivity contribution in [1.29, 1.82) is 0 Å². The Balaban J connectivity index is 0.000000821. The van der Waals surface area contributed by atoms with Crippen LogP contribution >= 0.6 is 0 Å². The van der Waals surface area contributed by atoms with Gasteiger partial charge in [0.1, 0.15) is 5.65 Å². The molecule has 7 nitrogen and oxygen atoms in total. The van der Waals surface area contributed by atoms with Gasteiger partial charge in [0.15, 0.2) is 0 Å². The summed E-state index contributed by atoms with van der Waals surface area (Å²) in [7, 11) is 2.19. The Morgan fingerprint density at radius 1 is 0.939 bits per heavy atom. The molecule has 0 spiro atoms. The van der Waals surface area contributed by atoms with Crippen LogP contribution < -0.4 is 10.6 Å². The molecule has 0 atom stereocenters. The first-order chi connectivity index (χ1) is 16.0. The molecule has 3 N–H and O–H groups in total. The Bertz CT molecular complexity index is 1240. The number of H-pyrrole nitrogens is 1. The zero-order valence-corrected chi connectivity index (χ0v) is 19.4. The van der Waals surface area contributed by atoms with Gasteiger partial charge >= 0.3 is 0 Å². The maximum atomic E-state index is 8.58. The van der Waals surface area contributed by atoms with E-state index in [4.69, 9.17) is 4.79 Å². The summed E-state index contributed by atoms with van der Waals surface area (Å²) in [5.41, 5.74) is 13.2. The van der Waals surface area contributed by atoms with Gasteiger partial charge in [0.05, 0.1) is 0 Å². The van der Waals surface area contributed by atoms with Crippen LogP contribution in [0.3, 0.4) is 0 Å². The minimum atomic E-state index is 0.250. The number of primary amides is 1. The van der Waals surface area contributed by atoms with Gasteiger partial charge in [-0.25, -0.2) is 4.98 Å². The SMILES string of the molecule is Cc1cc(-c2c[nH]c3ncc(-c4ccc(N5CCN(C)CC5)cc4)cc23)cnc1C.NC=O. The third-order valence-corrected chi connectivity index (χ3v) is 6.25. The maximum Gasteiger partial charge on any atom is 0.204 e. The van der Waals surface area contributed by atoms with Crippen LogP contribution in [0.25, 0.3) is 33.3 Å². The van der Waals surface area contributed by atoms with Gasteiger partial charge in [-0.05, 0) is 56.3 Å². The molecule has 3 aromatic heterocycles. The number of anilines is 1. The van der Waals surface area contributed by atoms with Crippen molar-refractivity contribution in [2.75, 3.05) is 38.1 Å². The van der Waals surface area contributed by atoms with Crippen molar-refractivity contribution in [3.05, 3.63) is 66.2 Å². The van der Waals surface area contributed by atoms with Crippen LogP contribution in [0, 0.1) is 13.8 Å². The minimum Gasteiger partial charge on any atom is -0.372 e. The second-order valence-electron chi connectivity index (χ2n) is 8.42. The number of carbonyl (C=O) groups is 1. The molecule has 1 saturated heterocycles. The van der Waals surface area contributed by atoms with Gasteiger partial charge < -0.3 is 20.5 Å². The number of aryl methyl sites for hydroxylation is 2. The average molecular weight is 443 g/mol. The molecular weight excluding hydrogens is 412 g/mol. The van der Waals surface area contributed by atoms with Crippen LogP contribution in [0.1, 0.15) is 11.3 Å². The molecular formula is C26H30N6O. The number of aromatic amines is 1. The fourth-order valence-electron chi connectivity index (χ4n) is 4.12. The van der Waals surface area contributed by atoms with Crippen LogP contribution in [0.4, 0.5) is 5.69 Å². The van der Waals surface area contributed by atoms with Crippen molar-refractivity contribution in [3.8, 4) is 22.3 Å². The molecule has 0 bridgehead atoms. The number of aromatic nitrogens is 3. The summed E-state index contributed by atoms with van der Waals surface area (Å²) in [6.07, 6.45) is 6.18. The number of nitrogens with two attached hydrogens (primary N) is 1. The van der Waals surface area contributed by atoms with E-state index in [1.54, 1.807) is 0 Å². The summed E-state index contributed by atoms with van der Waals surface area (Å²) >= 11 is 0. The zero-order chi connectivity index (χ0) is 23.4. The summed E-state index contributed by atoms with van der Waals surface area (Å²) in [5.74, 6) is 0. The lowest BCUT2D eigenvalue weighted by molar-refractivity contribution is -0.106. The number of hydrogen-bond donors (Lipinski definition) is 2. The number of benzene rings is 1. The van der Waals surface area contributed by atoms with Gasteiger partial charge in [0.2, 0.25) is 6.41 Å². The van der Waals surface area contributed by atoms with E-state index in [2.05, 4.69) is 80.9 Å². The number of piperazine rings is 1. The van der Waals surface area contributed by atoms with Gasteiger partial charge in [0.25, 0.3) is 0 Å². The summed E-state index contributed by atoms with van der Waals surface area (Å²) < 4.78 is 0. The lowest BCUT2D eigenvalue weighted by Gasteiger charge is -2.34. The monoisotopic (exact) mass is 442 g/mol. The number of amides is 1. The van der Waals surface area contributed by atoms with Crippen LogP contribution in [0.5, 0.6) is 0 Å². The van der Waals surface area contributed by atoms with Crippen molar-refractivity contribution in [1.82, 2.24) is 19.9 Å². The molecule has 1 aliphatic heterocycles. The molecule has 0 aliphatic carbocycles. The highest BCUT2D eigenvalue weighted by Gasteiger charge is 2.15. The Labute approximate surface area is 194 Å². The molecule has 0 saturated carbocycles. The highest BCUT2D eigenvalue weighted by Crippen LogP contribution is 2.32. The van der Waals surface area contributed by atoms with Crippen molar-refractivity contribution in [2.24, 2.45) is 5.73 Å².